The summed E-state index contributed by atoms with van der Waals surface area (Å²) in [6, 6.07) is 26.8. The fourth-order valence-electron chi connectivity index (χ4n) is 3.16. The van der Waals surface area contributed by atoms with E-state index in [1.54, 1.807) is 7.11 Å². The fourth-order valence-corrected chi connectivity index (χ4v) is 3.16. The number of hydrogen-bond acceptors (Lipinski definition) is 4. The Morgan fingerprint density at radius 2 is 1.63 bits per heavy atom. The molecule has 0 fully saturated rings. The average Bonchev–Trinajstić information content (AvgIpc) is 3.24. The maximum atomic E-state index is 12.9. The van der Waals surface area contributed by atoms with Gasteiger partial charge >= 0.3 is 0 Å². The topological polar surface area (TPSA) is 69.0 Å². The monoisotopic (exact) mass is 398 g/mol. The van der Waals surface area contributed by atoms with E-state index in [-0.39, 0.29) is 5.91 Å². The molecule has 0 atom stereocenters. The molecule has 4 rings (SSSR count). The fraction of sp³-hybridized carbons (Fsp3) is 0.125. The smallest absolute Gasteiger partial charge is 0.278 e. The predicted octanol–water partition coefficient (Wildman–Crippen LogP) is 4.31. The molecule has 1 heterocycles. The second kappa shape index (κ2) is 9.05. The van der Waals surface area contributed by atoms with Crippen LogP contribution in [0.1, 0.15) is 21.7 Å². The molecule has 6 nitrogen and oxygen atoms in total. The molecule has 1 amide bonds. The van der Waals surface area contributed by atoms with Gasteiger partial charge < -0.3 is 10.1 Å². The predicted molar refractivity (Wildman–Crippen MR) is 116 cm³/mol. The van der Waals surface area contributed by atoms with Gasteiger partial charge in [-0.2, -0.15) is 9.90 Å². The highest BCUT2D eigenvalue weighted by Gasteiger charge is 2.19. The number of benzene rings is 3. The third kappa shape index (κ3) is 4.55. The van der Waals surface area contributed by atoms with Crippen LogP contribution in [0.15, 0.2) is 84.9 Å². The minimum Gasteiger partial charge on any atom is -0.497 e. The maximum Gasteiger partial charge on any atom is 0.278 e. The molecule has 0 saturated carbocycles. The summed E-state index contributed by atoms with van der Waals surface area (Å²) in [6.07, 6.45) is 1.30. The molecule has 1 N–H and O–H groups in total. The summed E-state index contributed by atoms with van der Waals surface area (Å²) in [5.41, 5.74) is 3.60. The van der Waals surface area contributed by atoms with E-state index in [4.69, 9.17) is 4.74 Å². The van der Waals surface area contributed by atoms with E-state index >= 15 is 0 Å². The van der Waals surface area contributed by atoms with Crippen LogP contribution in [0.5, 0.6) is 5.75 Å². The molecule has 0 bridgehead atoms. The maximum absolute atomic E-state index is 12.9. The number of carbonyl (C=O) groups excluding carboxylic acids is 1. The second-order valence-electron chi connectivity index (χ2n) is 6.79. The molecule has 4 aromatic rings. The highest BCUT2D eigenvalue weighted by molar-refractivity contribution is 6.03. The molecular formula is C24H22N4O2. The summed E-state index contributed by atoms with van der Waals surface area (Å²) in [7, 11) is 1.65. The van der Waals surface area contributed by atoms with E-state index in [2.05, 4.69) is 15.5 Å². The third-order valence-corrected chi connectivity index (χ3v) is 4.70. The quantitative estimate of drug-likeness (QED) is 0.504. The molecule has 1 aromatic heterocycles. The lowest BCUT2D eigenvalue weighted by Crippen LogP contribution is -2.15. The highest BCUT2D eigenvalue weighted by atomic mass is 16.5. The van der Waals surface area contributed by atoms with Crippen molar-refractivity contribution < 1.29 is 9.53 Å². The zero-order valence-corrected chi connectivity index (χ0v) is 16.7. The third-order valence-electron chi connectivity index (χ3n) is 4.70. The molecule has 0 aliphatic heterocycles. The first-order chi connectivity index (χ1) is 14.7. The Balaban J connectivity index is 1.61. The average molecular weight is 398 g/mol. The number of ether oxygens (including phenoxy) is 1. The van der Waals surface area contributed by atoms with Gasteiger partial charge in [-0.05, 0) is 54.8 Å². The van der Waals surface area contributed by atoms with Gasteiger partial charge in [-0.3, -0.25) is 4.79 Å². The Morgan fingerprint density at radius 3 is 2.37 bits per heavy atom. The highest BCUT2D eigenvalue weighted by Crippen LogP contribution is 2.17. The number of hydrogen-bond donors (Lipinski definition) is 1. The van der Waals surface area contributed by atoms with E-state index in [0.29, 0.717) is 17.8 Å². The molecule has 0 radical (unpaired) electrons. The molecular weight excluding hydrogens is 376 g/mol. The summed E-state index contributed by atoms with van der Waals surface area (Å²) >= 11 is 0. The Hall–Kier alpha value is -3.93. The first-order valence-electron chi connectivity index (χ1n) is 9.74. The van der Waals surface area contributed by atoms with Crippen molar-refractivity contribution >= 4 is 11.6 Å². The van der Waals surface area contributed by atoms with Crippen molar-refractivity contribution in [2.45, 2.75) is 12.8 Å². The van der Waals surface area contributed by atoms with E-state index in [9.17, 15) is 4.79 Å². The largest absolute Gasteiger partial charge is 0.497 e. The summed E-state index contributed by atoms with van der Waals surface area (Å²) < 4.78 is 5.30. The molecule has 0 saturated heterocycles. The Bertz CT molecular complexity index is 1120. The van der Waals surface area contributed by atoms with E-state index in [1.165, 1.54) is 4.80 Å². The second-order valence-corrected chi connectivity index (χ2v) is 6.79. The summed E-state index contributed by atoms with van der Waals surface area (Å²) in [5, 5.41) is 12.0. The van der Waals surface area contributed by atoms with Crippen LogP contribution in [0.25, 0.3) is 5.69 Å². The van der Waals surface area contributed by atoms with Gasteiger partial charge in [0.25, 0.3) is 5.91 Å². The van der Waals surface area contributed by atoms with E-state index < -0.39 is 0 Å². The number of anilines is 1. The number of amides is 1. The zero-order valence-electron chi connectivity index (χ0n) is 16.7. The van der Waals surface area contributed by atoms with Gasteiger partial charge in [0.05, 0.1) is 18.5 Å². The van der Waals surface area contributed by atoms with Crippen molar-refractivity contribution in [1.82, 2.24) is 15.0 Å². The molecule has 0 aliphatic carbocycles. The molecule has 0 unspecified atom stereocenters. The zero-order chi connectivity index (χ0) is 20.8. The van der Waals surface area contributed by atoms with Crippen LogP contribution in [0.2, 0.25) is 0 Å². The number of aryl methyl sites for hydroxylation is 2. The number of methoxy groups -OCH3 is 1. The lowest BCUT2D eigenvalue weighted by molar-refractivity contribution is 0.102. The van der Waals surface area contributed by atoms with Crippen LogP contribution in [-0.2, 0) is 12.8 Å². The molecule has 150 valence electrons. The van der Waals surface area contributed by atoms with Crippen LogP contribution in [0.4, 0.5) is 5.69 Å². The standard InChI is InChI=1S/C24H22N4O2/c1-30-21-14-8-9-18(17-21)15-16-22-23(24(29)25-19-10-4-2-5-11-19)27-28(26-22)20-12-6-3-7-13-20/h2-14,17H,15-16H2,1H3,(H,25,29). The number of rotatable bonds is 7. The SMILES string of the molecule is COc1cccc(CCc2nn(-c3ccccc3)nc2C(=O)Nc2ccccc2)c1. The van der Waals surface area contributed by atoms with E-state index in [1.807, 2.05) is 84.9 Å². The van der Waals surface area contributed by atoms with Crippen molar-refractivity contribution in [2.75, 3.05) is 12.4 Å². The molecule has 6 heteroatoms. The summed E-state index contributed by atoms with van der Waals surface area (Å²) in [5.74, 6) is 0.534. The lowest BCUT2D eigenvalue weighted by atomic mass is 10.1. The molecule has 0 aliphatic rings. The van der Waals surface area contributed by atoms with Crippen molar-refractivity contribution in [3.05, 3.63) is 102 Å². The van der Waals surface area contributed by atoms with Crippen molar-refractivity contribution in [3.63, 3.8) is 0 Å². The molecule has 3 aromatic carbocycles. The van der Waals surface area contributed by atoms with Gasteiger partial charge in [-0.1, -0.05) is 48.5 Å². The number of para-hydroxylation sites is 2. The first kappa shape index (κ1) is 19.4. The van der Waals surface area contributed by atoms with Crippen molar-refractivity contribution in [1.29, 1.82) is 0 Å². The first-order valence-corrected chi connectivity index (χ1v) is 9.74. The van der Waals surface area contributed by atoms with Gasteiger partial charge in [0.2, 0.25) is 0 Å². The van der Waals surface area contributed by atoms with Crippen LogP contribution >= 0.6 is 0 Å². The number of nitrogens with one attached hydrogen (secondary N) is 1. The van der Waals surface area contributed by atoms with Crippen LogP contribution in [-0.4, -0.2) is 28.0 Å². The van der Waals surface area contributed by atoms with Crippen molar-refractivity contribution in [3.8, 4) is 11.4 Å². The number of aromatic nitrogens is 3. The Morgan fingerprint density at radius 1 is 0.900 bits per heavy atom. The van der Waals surface area contributed by atoms with Crippen LogP contribution in [0.3, 0.4) is 0 Å². The Kier molecular flexibility index (Phi) is 5.85. The molecule has 0 spiro atoms. The van der Waals surface area contributed by atoms with Crippen molar-refractivity contribution in [2.24, 2.45) is 0 Å². The molecule has 30 heavy (non-hydrogen) atoms. The summed E-state index contributed by atoms with van der Waals surface area (Å²) in [6.45, 7) is 0. The normalized spacial score (nSPS) is 10.6. The minimum absolute atomic E-state index is 0.274. The number of carbonyl (C=O) groups is 1. The Labute approximate surface area is 175 Å². The van der Waals surface area contributed by atoms with Crippen LogP contribution < -0.4 is 10.1 Å². The van der Waals surface area contributed by atoms with Gasteiger partial charge in [-0.25, -0.2) is 0 Å². The van der Waals surface area contributed by atoms with Gasteiger partial charge in [0.1, 0.15) is 5.75 Å². The summed E-state index contributed by atoms with van der Waals surface area (Å²) in [4.78, 5) is 14.5. The van der Waals surface area contributed by atoms with E-state index in [0.717, 1.165) is 29.1 Å². The van der Waals surface area contributed by atoms with Gasteiger partial charge in [-0.15, -0.1) is 5.10 Å². The number of nitrogens with zero attached hydrogens (tertiary/aromatic N) is 3. The van der Waals surface area contributed by atoms with Gasteiger partial charge in [0, 0.05) is 5.69 Å². The lowest BCUT2D eigenvalue weighted by Gasteiger charge is -2.05. The van der Waals surface area contributed by atoms with Crippen LogP contribution in [0, 0.1) is 0 Å². The minimum atomic E-state index is -0.274. The van der Waals surface area contributed by atoms with Gasteiger partial charge in [0.15, 0.2) is 5.69 Å².